The summed E-state index contributed by atoms with van der Waals surface area (Å²) in [6.45, 7) is 6.65. The number of nitrogens with two attached hydrogens (primary N) is 1. The molecule has 0 radical (unpaired) electrons. The van der Waals surface area contributed by atoms with Gasteiger partial charge in [-0.15, -0.1) is 0 Å². The molecule has 1 aromatic carbocycles. The lowest BCUT2D eigenvalue weighted by Crippen LogP contribution is -2.40. The second-order valence-electron chi connectivity index (χ2n) is 7.76. The molecule has 1 rings (SSSR count). The standard InChI is InChI=1S/C20H32N4O8S/c1-20(2,3)32-19(27)24-14-17(25)22-8-10-30-12-13-31-11-9-23-18(26)15-4-6-16(7-5-15)33(21,28)29/h4-7H,8-14H2,1-3H3,(H,22,25)(H,23,26)(H,24,27)(H2,21,28,29). The molecule has 0 unspecified atom stereocenters. The molecule has 0 atom stereocenters. The molecular formula is C20H32N4O8S. The van der Waals surface area contributed by atoms with Crippen LogP contribution in [0.5, 0.6) is 0 Å². The van der Waals surface area contributed by atoms with E-state index >= 15 is 0 Å². The van der Waals surface area contributed by atoms with Gasteiger partial charge in [-0.3, -0.25) is 9.59 Å². The molecule has 186 valence electrons. The minimum Gasteiger partial charge on any atom is -0.444 e. The van der Waals surface area contributed by atoms with Crippen LogP contribution in [-0.2, 0) is 29.0 Å². The Balaban J connectivity index is 2.02. The molecule has 0 aliphatic heterocycles. The van der Waals surface area contributed by atoms with Gasteiger partial charge in [0.05, 0.1) is 37.9 Å². The highest BCUT2D eigenvalue weighted by Crippen LogP contribution is 2.08. The Morgan fingerprint density at radius 1 is 0.879 bits per heavy atom. The third-order valence-electron chi connectivity index (χ3n) is 3.71. The van der Waals surface area contributed by atoms with Gasteiger partial charge in [0.25, 0.3) is 5.91 Å². The number of ether oxygens (including phenoxy) is 3. The fourth-order valence-corrected chi connectivity index (χ4v) is 2.76. The number of hydrogen-bond acceptors (Lipinski definition) is 8. The first-order valence-corrected chi connectivity index (χ1v) is 11.7. The van der Waals surface area contributed by atoms with E-state index in [1.54, 1.807) is 20.8 Å². The van der Waals surface area contributed by atoms with Gasteiger partial charge in [0.1, 0.15) is 5.60 Å². The fourth-order valence-electron chi connectivity index (χ4n) is 2.25. The molecule has 12 nitrogen and oxygen atoms in total. The number of hydrogen-bond donors (Lipinski definition) is 4. The second kappa shape index (κ2) is 13.7. The summed E-state index contributed by atoms with van der Waals surface area (Å²) in [6.07, 6.45) is -0.665. The molecule has 0 aliphatic rings. The molecule has 0 saturated heterocycles. The smallest absolute Gasteiger partial charge is 0.408 e. The van der Waals surface area contributed by atoms with Crippen molar-refractivity contribution in [3.05, 3.63) is 29.8 Å². The Morgan fingerprint density at radius 2 is 1.42 bits per heavy atom. The predicted octanol–water partition coefficient (Wildman–Crippen LogP) is -0.262. The van der Waals surface area contributed by atoms with Gasteiger partial charge in [-0.05, 0) is 45.0 Å². The van der Waals surface area contributed by atoms with Gasteiger partial charge >= 0.3 is 6.09 Å². The minimum absolute atomic E-state index is 0.0700. The van der Waals surface area contributed by atoms with E-state index in [4.69, 9.17) is 19.3 Å². The van der Waals surface area contributed by atoms with E-state index in [0.717, 1.165) is 0 Å². The number of alkyl carbamates (subject to hydrolysis) is 1. The van der Waals surface area contributed by atoms with Crippen molar-refractivity contribution in [2.75, 3.05) is 46.1 Å². The van der Waals surface area contributed by atoms with Crippen LogP contribution < -0.4 is 21.1 Å². The molecule has 0 saturated carbocycles. The zero-order valence-corrected chi connectivity index (χ0v) is 19.8. The van der Waals surface area contributed by atoms with Gasteiger partial charge in [0.15, 0.2) is 0 Å². The zero-order valence-electron chi connectivity index (χ0n) is 19.0. The lowest BCUT2D eigenvalue weighted by atomic mass is 10.2. The third kappa shape index (κ3) is 13.4. The van der Waals surface area contributed by atoms with Gasteiger partial charge in [-0.2, -0.15) is 0 Å². The summed E-state index contributed by atoms with van der Waals surface area (Å²) in [4.78, 5) is 35.0. The first kappa shape index (κ1) is 28.3. The highest BCUT2D eigenvalue weighted by atomic mass is 32.2. The van der Waals surface area contributed by atoms with Crippen LogP contribution in [0.1, 0.15) is 31.1 Å². The van der Waals surface area contributed by atoms with Crippen molar-refractivity contribution in [3.8, 4) is 0 Å². The Morgan fingerprint density at radius 3 is 1.94 bits per heavy atom. The molecule has 13 heteroatoms. The minimum atomic E-state index is -3.80. The van der Waals surface area contributed by atoms with E-state index in [2.05, 4.69) is 16.0 Å². The maximum absolute atomic E-state index is 12.0. The number of benzene rings is 1. The Hall–Kier alpha value is -2.74. The first-order valence-electron chi connectivity index (χ1n) is 10.2. The molecule has 0 heterocycles. The second-order valence-corrected chi connectivity index (χ2v) is 9.32. The van der Waals surface area contributed by atoms with Crippen LogP contribution in [-0.4, -0.2) is 78.0 Å². The average Bonchev–Trinajstić information content (AvgIpc) is 2.71. The van der Waals surface area contributed by atoms with Crippen molar-refractivity contribution < 1.29 is 37.0 Å². The van der Waals surface area contributed by atoms with E-state index in [9.17, 15) is 22.8 Å². The van der Waals surface area contributed by atoms with Crippen LogP contribution in [0.2, 0.25) is 0 Å². The number of carbonyl (C=O) groups excluding carboxylic acids is 3. The van der Waals surface area contributed by atoms with Crippen LogP contribution in [0.25, 0.3) is 0 Å². The Labute approximate surface area is 193 Å². The van der Waals surface area contributed by atoms with Crippen molar-refractivity contribution in [2.45, 2.75) is 31.3 Å². The maximum atomic E-state index is 12.0. The van der Waals surface area contributed by atoms with Crippen molar-refractivity contribution in [1.29, 1.82) is 0 Å². The van der Waals surface area contributed by atoms with Crippen LogP contribution >= 0.6 is 0 Å². The summed E-state index contributed by atoms with van der Waals surface area (Å²) < 4.78 is 38.1. The predicted molar refractivity (Wildman–Crippen MR) is 119 cm³/mol. The van der Waals surface area contributed by atoms with E-state index in [0.29, 0.717) is 18.8 Å². The average molecular weight is 489 g/mol. The maximum Gasteiger partial charge on any atom is 0.408 e. The number of rotatable bonds is 13. The van der Waals surface area contributed by atoms with Crippen LogP contribution in [0.4, 0.5) is 4.79 Å². The van der Waals surface area contributed by atoms with E-state index in [1.165, 1.54) is 24.3 Å². The summed E-state index contributed by atoms with van der Waals surface area (Å²) in [5.41, 5.74) is -0.333. The van der Waals surface area contributed by atoms with Crippen molar-refractivity contribution in [3.63, 3.8) is 0 Å². The van der Waals surface area contributed by atoms with Gasteiger partial charge in [-0.25, -0.2) is 18.4 Å². The normalized spacial score (nSPS) is 11.5. The monoisotopic (exact) mass is 488 g/mol. The SMILES string of the molecule is CC(C)(C)OC(=O)NCC(=O)NCCOCCOCCNC(=O)c1ccc(S(N)(=O)=O)cc1. The summed E-state index contributed by atoms with van der Waals surface area (Å²) >= 11 is 0. The first-order chi connectivity index (χ1) is 15.4. The molecule has 0 aromatic heterocycles. The molecule has 3 amide bonds. The molecule has 1 aromatic rings. The Bertz CT molecular complexity index is 882. The zero-order chi connectivity index (χ0) is 24.9. The van der Waals surface area contributed by atoms with Gasteiger partial charge in [-0.1, -0.05) is 0 Å². The van der Waals surface area contributed by atoms with Gasteiger partial charge in [0.2, 0.25) is 15.9 Å². The summed E-state index contributed by atoms with van der Waals surface area (Å²) in [5, 5.41) is 12.6. The number of primary sulfonamides is 1. The largest absolute Gasteiger partial charge is 0.444 e. The van der Waals surface area contributed by atoms with Gasteiger partial charge in [0, 0.05) is 18.7 Å². The fraction of sp³-hybridized carbons (Fsp3) is 0.550. The van der Waals surface area contributed by atoms with E-state index in [1.807, 2.05) is 0 Å². The molecule has 0 aliphatic carbocycles. The highest BCUT2D eigenvalue weighted by Gasteiger charge is 2.16. The van der Waals surface area contributed by atoms with Crippen molar-refractivity contribution in [1.82, 2.24) is 16.0 Å². The summed E-state index contributed by atoms with van der Waals surface area (Å²) in [7, 11) is -3.80. The number of sulfonamides is 1. The highest BCUT2D eigenvalue weighted by molar-refractivity contribution is 7.89. The molecule has 0 bridgehead atoms. The van der Waals surface area contributed by atoms with Crippen LogP contribution in [0, 0.1) is 0 Å². The van der Waals surface area contributed by atoms with E-state index in [-0.39, 0.29) is 49.6 Å². The lowest BCUT2D eigenvalue weighted by molar-refractivity contribution is -0.120. The molecule has 0 spiro atoms. The quantitative estimate of drug-likeness (QED) is 0.275. The summed E-state index contributed by atoms with van der Waals surface area (Å²) in [6, 6.07) is 5.27. The van der Waals surface area contributed by atoms with Crippen molar-refractivity contribution >= 4 is 27.9 Å². The van der Waals surface area contributed by atoms with Gasteiger partial charge < -0.3 is 30.2 Å². The third-order valence-corrected chi connectivity index (χ3v) is 4.64. The molecular weight excluding hydrogens is 456 g/mol. The number of carbonyl (C=O) groups is 3. The Kier molecular flexibility index (Phi) is 11.8. The molecule has 33 heavy (non-hydrogen) atoms. The van der Waals surface area contributed by atoms with E-state index < -0.39 is 21.7 Å². The lowest BCUT2D eigenvalue weighted by Gasteiger charge is -2.19. The van der Waals surface area contributed by atoms with Crippen molar-refractivity contribution in [2.24, 2.45) is 5.14 Å². The topological polar surface area (TPSA) is 175 Å². The summed E-state index contributed by atoms with van der Waals surface area (Å²) in [5.74, 6) is -0.733. The number of amides is 3. The van der Waals surface area contributed by atoms with Crippen LogP contribution in [0.3, 0.4) is 0 Å². The number of nitrogens with one attached hydrogen (secondary N) is 3. The van der Waals surface area contributed by atoms with Crippen LogP contribution in [0.15, 0.2) is 29.2 Å². The molecule has 0 fully saturated rings. The molecule has 5 N–H and O–H groups in total.